The third-order valence-corrected chi connectivity index (χ3v) is 9.63. The van der Waals surface area contributed by atoms with Crippen molar-refractivity contribution in [1.29, 1.82) is 0 Å². The number of benzene rings is 1. The summed E-state index contributed by atoms with van der Waals surface area (Å²) in [6.07, 6.45) is 8.42. The second-order valence-corrected chi connectivity index (χ2v) is 12.7. The first-order chi connectivity index (χ1) is 18.5. The lowest BCUT2D eigenvalue weighted by atomic mass is 10.2. The highest BCUT2D eigenvalue weighted by atomic mass is 32.2. The van der Waals surface area contributed by atoms with E-state index >= 15 is 0 Å². The summed E-state index contributed by atoms with van der Waals surface area (Å²) in [5.74, 6) is 2.01. The van der Waals surface area contributed by atoms with Crippen molar-refractivity contribution in [2.24, 2.45) is 0 Å². The van der Waals surface area contributed by atoms with Gasteiger partial charge in [-0.05, 0) is 42.9 Å². The average Bonchev–Trinajstić information content (AvgIpc) is 2.93. The number of unbranched alkanes of at least 4 members (excludes halogenated alkanes) is 4. The zero-order valence-electron chi connectivity index (χ0n) is 22.5. The fraction of sp³-hybridized carbons (Fsp3) is 0.630. The molecule has 1 saturated heterocycles. The normalized spacial score (nSPS) is 14.6. The Morgan fingerprint density at radius 2 is 1.68 bits per heavy atom. The number of aliphatic hydroxyl groups is 1. The molecule has 11 heteroatoms. The van der Waals surface area contributed by atoms with Gasteiger partial charge in [-0.2, -0.15) is 25.8 Å². The number of nitrogens with zero attached hydrogens (tertiary/aromatic N) is 4. The van der Waals surface area contributed by atoms with Gasteiger partial charge in [-0.3, -0.25) is 4.79 Å². The Morgan fingerprint density at radius 3 is 2.39 bits per heavy atom. The average molecular weight is 567 g/mol. The predicted octanol–water partition coefficient (Wildman–Crippen LogP) is 3.54. The molecule has 9 nitrogen and oxygen atoms in total. The molecule has 0 atom stereocenters. The molecule has 2 heterocycles. The van der Waals surface area contributed by atoms with Crippen LogP contribution in [0.5, 0.6) is 5.75 Å². The van der Waals surface area contributed by atoms with Crippen molar-refractivity contribution >= 4 is 27.5 Å². The Balaban J connectivity index is 1.66. The van der Waals surface area contributed by atoms with Gasteiger partial charge in [0.1, 0.15) is 5.69 Å². The fourth-order valence-corrected chi connectivity index (χ4v) is 6.93. The molecule has 2 aromatic rings. The van der Waals surface area contributed by atoms with Crippen molar-refractivity contribution in [3.05, 3.63) is 46.9 Å². The number of sulfonamides is 1. The maximum absolute atomic E-state index is 13.5. The standard InChI is InChI=1S/C27H42N4O5S2/c1-2-3-4-5-9-19-36-26-25(23-28-31(27(26)33)24-12-7-6-8-13-24)29-14-16-30(17-15-29)38(34,35)22-11-21-37-20-10-18-32/h6-8,12-13,23,32H,2-5,9-11,14-22H2,1H3. The van der Waals surface area contributed by atoms with Crippen LogP contribution in [-0.2, 0) is 10.0 Å². The van der Waals surface area contributed by atoms with Gasteiger partial charge in [0.05, 0.1) is 24.2 Å². The van der Waals surface area contributed by atoms with Gasteiger partial charge >= 0.3 is 5.56 Å². The summed E-state index contributed by atoms with van der Waals surface area (Å²) in [6, 6.07) is 9.27. The molecule has 0 unspecified atom stereocenters. The van der Waals surface area contributed by atoms with E-state index < -0.39 is 10.0 Å². The molecule has 0 spiro atoms. The molecular weight excluding hydrogens is 524 g/mol. The van der Waals surface area contributed by atoms with Crippen LogP contribution in [0.4, 0.5) is 5.69 Å². The zero-order chi connectivity index (χ0) is 27.2. The van der Waals surface area contributed by atoms with Crippen molar-refractivity contribution in [1.82, 2.24) is 14.1 Å². The Kier molecular flexibility index (Phi) is 12.9. The van der Waals surface area contributed by atoms with Crippen LogP contribution >= 0.6 is 11.8 Å². The summed E-state index contributed by atoms with van der Waals surface area (Å²) >= 11 is 1.67. The van der Waals surface area contributed by atoms with E-state index in [1.54, 1.807) is 22.3 Å². The van der Waals surface area contributed by atoms with E-state index in [0.29, 0.717) is 50.6 Å². The summed E-state index contributed by atoms with van der Waals surface area (Å²) in [4.78, 5) is 15.5. The fourth-order valence-electron chi connectivity index (χ4n) is 4.37. The molecule has 0 aliphatic carbocycles. The van der Waals surface area contributed by atoms with Crippen LogP contribution in [0.3, 0.4) is 0 Å². The number of ether oxygens (including phenoxy) is 1. The lowest BCUT2D eigenvalue weighted by molar-refractivity contribution is 0.296. The van der Waals surface area contributed by atoms with Crippen molar-refractivity contribution in [3.8, 4) is 11.4 Å². The van der Waals surface area contributed by atoms with Gasteiger partial charge in [0.2, 0.25) is 15.8 Å². The second-order valence-electron chi connectivity index (χ2n) is 9.42. The lowest BCUT2D eigenvalue weighted by Crippen LogP contribution is -2.49. The van der Waals surface area contributed by atoms with Gasteiger partial charge in [-0.15, -0.1) is 0 Å². The van der Waals surface area contributed by atoms with Crippen LogP contribution in [0.1, 0.15) is 51.9 Å². The maximum Gasteiger partial charge on any atom is 0.316 e. The minimum Gasteiger partial charge on any atom is -0.486 e. The first kappa shape index (κ1) is 30.5. The number of hydrogen-bond donors (Lipinski definition) is 1. The smallest absolute Gasteiger partial charge is 0.316 e. The molecule has 1 N–H and O–H groups in total. The minimum atomic E-state index is -3.34. The zero-order valence-corrected chi connectivity index (χ0v) is 24.1. The third kappa shape index (κ3) is 9.00. The molecule has 1 aromatic heterocycles. The Bertz CT molecular complexity index is 1120. The van der Waals surface area contributed by atoms with E-state index in [0.717, 1.165) is 37.2 Å². The molecule has 0 bridgehead atoms. The number of aromatic nitrogens is 2. The molecule has 0 saturated carbocycles. The highest BCUT2D eigenvalue weighted by molar-refractivity contribution is 7.99. The number of thioether (sulfide) groups is 1. The molecule has 1 fully saturated rings. The van der Waals surface area contributed by atoms with Crippen LogP contribution in [0, 0.1) is 0 Å². The van der Waals surface area contributed by atoms with E-state index in [9.17, 15) is 13.2 Å². The molecule has 212 valence electrons. The summed E-state index contributed by atoms with van der Waals surface area (Å²) in [7, 11) is -3.34. The van der Waals surface area contributed by atoms with Crippen LogP contribution in [0.25, 0.3) is 5.69 Å². The first-order valence-corrected chi connectivity index (χ1v) is 16.5. The molecule has 0 amide bonds. The summed E-state index contributed by atoms with van der Waals surface area (Å²) in [5.41, 5.74) is 0.978. The predicted molar refractivity (Wildman–Crippen MR) is 155 cm³/mol. The van der Waals surface area contributed by atoms with Gasteiger partial charge in [-0.25, -0.2) is 8.42 Å². The molecule has 1 aliphatic heterocycles. The number of hydrogen-bond acceptors (Lipinski definition) is 8. The number of para-hydroxylation sites is 1. The van der Waals surface area contributed by atoms with E-state index in [-0.39, 0.29) is 23.7 Å². The molecule has 3 rings (SSSR count). The quantitative estimate of drug-likeness (QED) is 0.290. The number of rotatable bonds is 17. The Morgan fingerprint density at radius 1 is 0.974 bits per heavy atom. The van der Waals surface area contributed by atoms with Crippen LogP contribution in [-0.4, -0.2) is 84.3 Å². The van der Waals surface area contributed by atoms with Gasteiger partial charge in [0.15, 0.2) is 0 Å². The summed E-state index contributed by atoms with van der Waals surface area (Å²) in [6.45, 7) is 4.45. The Labute approximate surface area is 231 Å². The monoisotopic (exact) mass is 566 g/mol. The SMILES string of the molecule is CCCCCCCOc1c(N2CCN(S(=O)(=O)CCCSCCCO)CC2)cnn(-c2ccccc2)c1=O. The summed E-state index contributed by atoms with van der Waals surface area (Å²) in [5, 5.41) is 13.3. The largest absolute Gasteiger partial charge is 0.486 e. The van der Waals surface area contributed by atoms with E-state index in [1.165, 1.54) is 17.5 Å². The topological polar surface area (TPSA) is 105 Å². The van der Waals surface area contributed by atoms with Crippen LogP contribution in [0.2, 0.25) is 0 Å². The minimum absolute atomic E-state index is 0.125. The molecular formula is C27H42N4O5S2. The van der Waals surface area contributed by atoms with Crippen LogP contribution < -0.4 is 15.2 Å². The maximum atomic E-state index is 13.5. The second kappa shape index (κ2) is 16.1. The third-order valence-electron chi connectivity index (χ3n) is 6.52. The molecule has 1 aromatic carbocycles. The summed E-state index contributed by atoms with van der Waals surface area (Å²) < 4.78 is 34.7. The van der Waals surface area contributed by atoms with Crippen LogP contribution in [0.15, 0.2) is 41.3 Å². The van der Waals surface area contributed by atoms with Gasteiger partial charge in [-0.1, -0.05) is 50.8 Å². The van der Waals surface area contributed by atoms with Crippen molar-refractivity contribution in [2.75, 3.05) is 61.6 Å². The van der Waals surface area contributed by atoms with Crippen molar-refractivity contribution < 1.29 is 18.3 Å². The Hall–Kier alpha value is -2.08. The molecule has 0 radical (unpaired) electrons. The number of piperazine rings is 1. The first-order valence-electron chi connectivity index (χ1n) is 13.7. The van der Waals surface area contributed by atoms with Gasteiger partial charge in [0.25, 0.3) is 0 Å². The van der Waals surface area contributed by atoms with Crippen molar-refractivity contribution in [2.45, 2.75) is 51.9 Å². The van der Waals surface area contributed by atoms with Gasteiger partial charge in [0, 0.05) is 32.8 Å². The molecule has 38 heavy (non-hydrogen) atoms. The number of aliphatic hydroxyl groups excluding tert-OH is 1. The highest BCUT2D eigenvalue weighted by Crippen LogP contribution is 2.26. The van der Waals surface area contributed by atoms with Crippen molar-refractivity contribution in [3.63, 3.8) is 0 Å². The number of anilines is 1. The van der Waals surface area contributed by atoms with E-state index in [4.69, 9.17) is 9.84 Å². The highest BCUT2D eigenvalue weighted by Gasteiger charge is 2.29. The van der Waals surface area contributed by atoms with E-state index in [2.05, 4.69) is 12.0 Å². The lowest BCUT2D eigenvalue weighted by Gasteiger charge is -2.35. The van der Waals surface area contributed by atoms with E-state index in [1.807, 2.05) is 35.2 Å². The van der Waals surface area contributed by atoms with Gasteiger partial charge < -0.3 is 14.7 Å². The molecule has 1 aliphatic rings.